The lowest BCUT2D eigenvalue weighted by Gasteiger charge is -2.11. The molecule has 5 heterocycles. The monoisotopic (exact) mass is 499 g/mol. The van der Waals surface area contributed by atoms with Crippen LogP contribution in [0.15, 0.2) is 79.5 Å². The summed E-state index contributed by atoms with van der Waals surface area (Å²) in [6, 6.07) is 16.9. The topological polar surface area (TPSA) is 95.2 Å². The summed E-state index contributed by atoms with van der Waals surface area (Å²) in [5, 5.41) is 13.5. The van der Waals surface area contributed by atoms with E-state index in [1.54, 1.807) is 6.20 Å². The van der Waals surface area contributed by atoms with Gasteiger partial charge in [-0.1, -0.05) is 31.0 Å². The van der Waals surface area contributed by atoms with E-state index in [0.717, 1.165) is 74.6 Å². The van der Waals surface area contributed by atoms with Gasteiger partial charge in [-0.2, -0.15) is 5.10 Å². The van der Waals surface area contributed by atoms with Gasteiger partial charge in [-0.05, 0) is 66.8 Å². The van der Waals surface area contributed by atoms with E-state index >= 15 is 0 Å². The highest BCUT2D eigenvalue weighted by atomic mass is 15.2. The molecule has 1 fully saturated rings. The smallest absolute Gasteiger partial charge is 0.155 e. The van der Waals surface area contributed by atoms with Crippen molar-refractivity contribution < 1.29 is 0 Å². The zero-order valence-corrected chi connectivity index (χ0v) is 21.1. The summed E-state index contributed by atoms with van der Waals surface area (Å²) in [6.45, 7) is 1.92. The quantitative estimate of drug-likeness (QED) is 0.233. The van der Waals surface area contributed by atoms with E-state index in [-0.39, 0.29) is 0 Å². The Bertz CT molecular complexity index is 1710. The van der Waals surface area contributed by atoms with Crippen molar-refractivity contribution >= 4 is 21.9 Å². The first-order valence-electron chi connectivity index (χ1n) is 13.3. The van der Waals surface area contributed by atoms with Crippen LogP contribution in [0.3, 0.4) is 0 Å². The van der Waals surface area contributed by atoms with Crippen molar-refractivity contribution in [3.05, 3.63) is 85.1 Å². The summed E-state index contributed by atoms with van der Waals surface area (Å²) < 4.78 is 0. The van der Waals surface area contributed by atoms with E-state index in [2.05, 4.69) is 77.9 Å². The third kappa shape index (κ3) is 4.35. The van der Waals surface area contributed by atoms with Crippen LogP contribution in [-0.4, -0.2) is 36.7 Å². The summed E-state index contributed by atoms with van der Waals surface area (Å²) in [4.78, 5) is 17.1. The largest absolute Gasteiger partial charge is 0.353 e. The molecule has 1 aliphatic rings. The predicted octanol–water partition coefficient (Wildman–Crippen LogP) is 6.51. The molecule has 38 heavy (non-hydrogen) atoms. The summed E-state index contributed by atoms with van der Waals surface area (Å²) in [6.07, 6.45) is 14.9. The first-order chi connectivity index (χ1) is 18.8. The molecule has 0 unspecified atom stereocenters. The summed E-state index contributed by atoms with van der Waals surface area (Å²) in [5.74, 6) is 0.822. The Balaban J connectivity index is 1.20. The van der Waals surface area contributed by atoms with Crippen LogP contribution in [0, 0.1) is 5.92 Å². The van der Waals surface area contributed by atoms with Gasteiger partial charge in [0.1, 0.15) is 5.69 Å². The van der Waals surface area contributed by atoms with E-state index in [0.29, 0.717) is 0 Å². The molecule has 1 saturated carbocycles. The van der Waals surface area contributed by atoms with Crippen LogP contribution in [-0.2, 0) is 6.54 Å². The van der Waals surface area contributed by atoms with Gasteiger partial charge in [-0.3, -0.25) is 15.1 Å². The molecule has 0 bridgehead atoms. The Hall–Kier alpha value is -4.36. The molecule has 0 amide bonds. The molecule has 0 aliphatic heterocycles. The normalized spacial score (nSPS) is 14.1. The molecule has 7 heteroatoms. The first-order valence-corrected chi connectivity index (χ1v) is 13.3. The fourth-order valence-electron chi connectivity index (χ4n) is 5.70. The van der Waals surface area contributed by atoms with E-state index in [1.807, 2.05) is 30.9 Å². The zero-order chi connectivity index (χ0) is 25.3. The minimum absolute atomic E-state index is 0.761. The second kappa shape index (κ2) is 9.84. The van der Waals surface area contributed by atoms with Crippen LogP contribution in [0.2, 0.25) is 0 Å². The maximum absolute atomic E-state index is 4.68. The second-order valence-electron chi connectivity index (χ2n) is 10.2. The van der Waals surface area contributed by atoms with Crippen molar-refractivity contribution in [3.8, 4) is 33.6 Å². The number of aromatic nitrogens is 6. The fraction of sp³-hybridized carbons (Fsp3) is 0.226. The Labute approximate surface area is 220 Å². The summed E-state index contributed by atoms with van der Waals surface area (Å²) >= 11 is 0. The van der Waals surface area contributed by atoms with Gasteiger partial charge in [0.15, 0.2) is 5.65 Å². The first kappa shape index (κ1) is 22.8. The lowest BCUT2D eigenvalue weighted by Crippen LogP contribution is -2.20. The molecular weight excluding hydrogens is 470 g/mol. The number of nitrogens with zero attached hydrogens (tertiary/aromatic N) is 4. The van der Waals surface area contributed by atoms with Crippen molar-refractivity contribution in [2.45, 2.75) is 32.2 Å². The molecule has 5 aromatic heterocycles. The van der Waals surface area contributed by atoms with Gasteiger partial charge in [0, 0.05) is 70.5 Å². The molecular formula is C31H29N7. The Kier molecular flexibility index (Phi) is 5.90. The van der Waals surface area contributed by atoms with Gasteiger partial charge in [0.05, 0.1) is 5.69 Å². The number of rotatable bonds is 7. The van der Waals surface area contributed by atoms with Crippen LogP contribution < -0.4 is 5.32 Å². The van der Waals surface area contributed by atoms with Crippen molar-refractivity contribution in [2.75, 3.05) is 6.54 Å². The molecule has 188 valence electrons. The lowest BCUT2D eigenvalue weighted by atomic mass is 10.0. The van der Waals surface area contributed by atoms with E-state index in [4.69, 9.17) is 0 Å². The number of fused-ring (bicyclic) bond motifs is 2. The van der Waals surface area contributed by atoms with E-state index in [1.165, 1.54) is 31.2 Å². The van der Waals surface area contributed by atoms with Gasteiger partial charge in [-0.25, -0.2) is 4.98 Å². The average molecular weight is 500 g/mol. The highest BCUT2D eigenvalue weighted by molar-refractivity contribution is 6.01. The van der Waals surface area contributed by atoms with Crippen molar-refractivity contribution in [2.24, 2.45) is 5.92 Å². The molecule has 0 spiro atoms. The van der Waals surface area contributed by atoms with E-state index < -0.39 is 0 Å². The van der Waals surface area contributed by atoms with Crippen LogP contribution >= 0.6 is 0 Å². The molecule has 7 nitrogen and oxygen atoms in total. The summed E-state index contributed by atoms with van der Waals surface area (Å²) in [5.41, 5.74) is 9.12. The molecule has 6 aromatic rings. The third-order valence-electron chi connectivity index (χ3n) is 7.67. The van der Waals surface area contributed by atoms with Gasteiger partial charge < -0.3 is 10.3 Å². The number of hydrogen-bond acceptors (Lipinski definition) is 5. The number of pyridine rings is 3. The molecule has 1 aromatic carbocycles. The zero-order valence-electron chi connectivity index (χ0n) is 21.1. The Morgan fingerprint density at radius 2 is 1.74 bits per heavy atom. The number of H-pyrrole nitrogens is 2. The number of nitrogens with one attached hydrogen (secondary N) is 3. The third-order valence-corrected chi connectivity index (χ3v) is 7.67. The minimum atomic E-state index is 0.761. The lowest BCUT2D eigenvalue weighted by molar-refractivity contribution is 0.489. The predicted molar refractivity (Wildman–Crippen MR) is 151 cm³/mol. The molecule has 1 aliphatic carbocycles. The molecule has 0 atom stereocenters. The Morgan fingerprint density at radius 1 is 0.842 bits per heavy atom. The number of hydrogen-bond donors (Lipinski definition) is 3. The SMILES string of the molecule is c1cncc(-c2cccc3[nH]c(-c4n[nH]c5ncc(-c6cncc(CNCC7CCCC7)c6)cc45)cc23)c1. The van der Waals surface area contributed by atoms with Crippen LogP contribution in [0.25, 0.3) is 55.6 Å². The second-order valence-corrected chi connectivity index (χ2v) is 10.2. The molecule has 7 rings (SSSR count). The maximum Gasteiger partial charge on any atom is 0.155 e. The van der Waals surface area contributed by atoms with Crippen molar-refractivity contribution in [1.82, 2.24) is 35.5 Å². The van der Waals surface area contributed by atoms with Crippen molar-refractivity contribution in [3.63, 3.8) is 0 Å². The van der Waals surface area contributed by atoms with Crippen molar-refractivity contribution in [1.29, 1.82) is 0 Å². The fourth-order valence-corrected chi connectivity index (χ4v) is 5.70. The molecule has 0 saturated heterocycles. The molecule has 0 radical (unpaired) electrons. The van der Waals surface area contributed by atoms with Gasteiger partial charge in [-0.15, -0.1) is 0 Å². The minimum Gasteiger partial charge on any atom is -0.353 e. The van der Waals surface area contributed by atoms with Gasteiger partial charge in [0.25, 0.3) is 0 Å². The molecule has 3 N–H and O–H groups in total. The maximum atomic E-state index is 4.68. The van der Waals surface area contributed by atoms with Crippen LogP contribution in [0.5, 0.6) is 0 Å². The van der Waals surface area contributed by atoms with Gasteiger partial charge in [0.2, 0.25) is 0 Å². The van der Waals surface area contributed by atoms with Crippen LogP contribution in [0.1, 0.15) is 31.2 Å². The highest BCUT2D eigenvalue weighted by Gasteiger charge is 2.16. The average Bonchev–Trinajstić information content (AvgIpc) is 3.73. The summed E-state index contributed by atoms with van der Waals surface area (Å²) in [7, 11) is 0. The number of benzene rings is 1. The van der Waals surface area contributed by atoms with Gasteiger partial charge >= 0.3 is 0 Å². The standard InChI is InChI=1S/C31H29N7/c1-2-6-20(5-1)14-33-15-21-11-23(18-34-16-21)24-12-27-30(37-38-31(27)35-19-24)29-13-26-25(8-3-9-28(26)36-29)22-7-4-10-32-17-22/h3-4,7-13,16-20,33,36H,1-2,5-6,14-15H2,(H,35,37,38). The van der Waals surface area contributed by atoms with E-state index in [9.17, 15) is 0 Å². The number of aromatic amines is 2. The highest BCUT2D eigenvalue weighted by Crippen LogP contribution is 2.34. The van der Waals surface area contributed by atoms with Crippen LogP contribution in [0.4, 0.5) is 0 Å². The Morgan fingerprint density at radius 3 is 2.63 bits per heavy atom.